The van der Waals surface area contributed by atoms with Crippen LogP contribution >= 0.6 is 11.3 Å². The van der Waals surface area contributed by atoms with Gasteiger partial charge in [0.2, 0.25) is 0 Å². The fourth-order valence-corrected chi connectivity index (χ4v) is 3.76. The van der Waals surface area contributed by atoms with Crippen LogP contribution in [0.2, 0.25) is 0 Å². The van der Waals surface area contributed by atoms with Crippen LogP contribution in [0.3, 0.4) is 0 Å². The number of amides is 1. The van der Waals surface area contributed by atoms with Crippen molar-refractivity contribution in [1.82, 2.24) is 0 Å². The van der Waals surface area contributed by atoms with Crippen molar-refractivity contribution >= 4 is 32.1 Å². The summed E-state index contributed by atoms with van der Waals surface area (Å²) < 4.78 is 41.6. The summed E-state index contributed by atoms with van der Waals surface area (Å²) in [5, 5.41) is 4.33. The summed E-state index contributed by atoms with van der Waals surface area (Å²) in [6.07, 6.45) is 0.161. The number of sulfone groups is 1. The van der Waals surface area contributed by atoms with E-state index in [1.54, 1.807) is 5.38 Å². The van der Waals surface area contributed by atoms with Crippen molar-refractivity contribution in [2.45, 2.75) is 17.9 Å². The smallest absolute Gasteiger partial charge is 0.265 e. The molecule has 0 unspecified atom stereocenters. The highest BCUT2D eigenvalue weighted by Crippen LogP contribution is 2.27. The molecule has 0 radical (unpaired) electrons. The molecule has 0 saturated heterocycles. The molecule has 1 atom stereocenters. The monoisotopic (exact) mass is 343 g/mol. The Labute approximate surface area is 131 Å². The SMILES string of the molecule is C[C@@H](Oc1cccc(F)c1)C(=O)Nc1sccc1S(C)(=O)=O. The second-order valence-electron chi connectivity index (χ2n) is 4.59. The zero-order valence-electron chi connectivity index (χ0n) is 11.9. The highest BCUT2D eigenvalue weighted by Gasteiger charge is 2.20. The maximum absolute atomic E-state index is 13.1. The molecule has 2 rings (SSSR count). The molecule has 22 heavy (non-hydrogen) atoms. The molecule has 0 fully saturated rings. The normalized spacial score (nSPS) is 12.7. The molecule has 2 aromatic rings. The van der Waals surface area contributed by atoms with Crippen LogP contribution in [0.15, 0.2) is 40.6 Å². The number of carbonyl (C=O) groups is 1. The van der Waals surface area contributed by atoms with Crippen LogP contribution < -0.4 is 10.1 Å². The highest BCUT2D eigenvalue weighted by molar-refractivity contribution is 7.91. The van der Waals surface area contributed by atoms with E-state index in [1.165, 1.54) is 31.2 Å². The van der Waals surface area contributed by atoms with Gasteiger partial charge in [-0.2, -0.15) is 0 Å². The predicted molar refractivity (Wildman–Crippen MR) is 82.5 cm³/mol. The lowest BCUT2D eigenvalue weighted by Crippen LogP contribution is -2.30. The van der Waals surface area contributed by atoms with E-state index in [1.807, 2.05) is 0 Å². The van der Waals surface area contributed by atoms with Crippen LogP contribution in [0.1, 0.15) is 6.92 Å². The number of ether oxygens (including phenoxy) is 1. The Morgan fingerprint density at radius 1 is 1.36 bits per heavy atom. The zero-order chi connectivity index (χ0) is 16.3. The number of halogens is 1. The molecule has 0 spiro atoms. The maximum atomic E-state index is 13.1. The quantitative estimate of drug-likeness (QED) is 0.906. The molecule has 0 bridgehead atoms. The molecule has 0 aliphatic rings. The van der Waals surface area contributed by atoms with Gasteiger partial charge in [-0.05, 0) is 30.5 Å². The molecule has 1 aromatic heterocycles. The number of anilines is 1. The highest BCUT2D eigenvalue weighted by atomic mass is 32.2. The van der Waals surface area contributed by atoms with Gasteiger partial charge in [0.25, 0.3) is 5.91 Å². The third-order valence-electron chi connectivity index (χ3n) is 2.74. The second kappa shape index (κ2) is 6.45. The molecule has 0 saturated carbocycles. The van der Waals surface area contributed by atoms with Gasteiger partial charge in [0.15, 0.2) is 15.9 Å². The van der Waals surface area contributed by atoms with Crippen molar-refractivity contribution in [1.29, 1.82) is 0 Å². The minimum atomic E-state index is -3.42. The average Bonchev–Trinajstić information content (AvgIpc) is 2.86. The van der Waals surface area contributed by atoms with Crippen LogP contribution in [0, 0.1) is 5.82 Å². The molecule has 1 heterocycles. The molecule has 5 nitrogen and oxygen atoms in total. The van der Waals surface area contributed by atoms with Crippen molar-refractivity contribution in [2.75, 3.05) is 11.6 Å². The molecule has 8 heteroatoms. The van der Waals surface area contributed by atoms with Gasteiger partial charge in [-0.3, -0.25) is 4.79 Å². The topological polar surface area (TPSA) is 72.5 Å². The predicted octanol–water partition coefficient (Wildman–Crippen LogP) is 2.70. The van der Waals surface area contributed by atoms with Gasteiger partial charge in [-0.25, -0.2) is 12.8 Å². The lowest BCUT2D eigenvalue weighted by Gasteiger charge is -2.14. The Morgan fingerprint density at radius 2 is 2.09 bits per heavy atom. The first-order valence-electron chi connectivity index (χ1n) is 6.28. The van der Waals surface area contributed by atoms with E-state index >= 15 is 0 Å². The third kappa shape index (κ3) is 4.05. The van der Waals surface area contributed by atoms with Crippen molar-refractivity contribution in [3.63, 3.8) is 0 Å². The summed E-state index contributed by atoms with van der Waals surface area (Å²) in [6, 6.07) is 6.85. The van der Waals surface area contributed by atoms with E-state index < -0.39 is 27.7 Å². The van der Waals surface area contributed by atoms with Crippen molar-refractivity contribution in [3.05, 3.63) is 41.5 Å². The molecular weight excluding hydrogens is 329 g/mol. The Bertz CT molecular complexity index is 786. The number of carbonyl (C=O) groups excluding carboxylic acids is 1. The minimum Gasteiger partial charge on any atom is -0.481 e. The molecular formula is C14H14FNO4S2. The third-order valence-corrected chi connectivity index (χ3v) is 4.84. The molecule has 0 aliphatic carbocycles. The van der Waals surface area contributed by atoms with E-state index in [4.69, 9.17) is 4.74 Å². The number of hydrogen-bond acceptors (Lipinski definition) is 5. The van der Waals surface area contributed by atoms with E-state index in [9.17, 15) is 17.6 Å². The number of hydrogen-bond donors (Lipinski definition) is 1. The van der Waals surface area contributed by atoms with E-state index in [-0.39, 0.29) is 15.6 Å². The molecule has 1 aromatic carbocycles. The first kappa shape index (κ1) is 16.4. The van der Waals surface area contributed by atoms with Gasteiger partial charge in [0, 0.05) is 12.3 Å². The van der Waals surface area contributed by atoms with Crippen LogP contribution in [-0.4, -0.2) is 26.7 Å². The van der Waals surface area contributed by atoms with Crippen molar-refractivity contribution in [2.24, 2.45) is 0 Å². The number of rotatable bonds is 5. The summed E-state index contributed by atoms with van der Waals surface area (Å²) in [6.45, 7) is 1.49. The van der Waals surface area contributed by atoms with Crippen LogP contribution in [-0.2, 0) is 14.6 Å². The van der Waals surface area contributed by atoms with Gasteiger partial charge < -0.3 is 10.1 Å². The van der Waals surface area contributed by atoms with Gasteiger partial charge in [-0.1, -0.05) is 6.07 Å². The van der Waals surface area contributed by atoms with Gasteiger partial charge in [0.05, 0.1) is 0 Å². The first-order chi connectivity index (χ1) is 10.3. The summed E-state index contributed by atoms with van der Waals surface area (Å²) in [7, 11) is -3.42. The van der Waals surface area contributed by atoms with Gasteiger partial charge in [0.1, 0.15) is 21.5 Å². The summed E-state index contributed by atoms with van der Waals surface area (Å²) in [5.74, 6) is -0.767. The fourth-order valence-electron chi connectivity index (χ4n) is 1.69. The molecule has 0 aliphatic heterocycles. The Balaban J connectivity index is 2.08. The number of benzene rings is 1. The van der Waals surface area contributed by atoms with Gasteiger partial charge in [-0.15, -0.1) is 11.3 Å². The van der Waals surface area contributed by atoms with Crippen molar-refractivity contribution in [3.8, 4) is 5.75 Å². The largest absolute Gasteiger partial charge is 0.481 e. The van der Waals surface area contributed by atoms with Crippen molar-refractivity contribution < 1.29 is 22.3 Å². The van der Waals surface area contributed by atoms with E-state index in [0.717, 1.165) is 23.7 Å². The number of thiophene rings is 1. The van der Waals surface area contributed by atoms with Crippen LogP contribution in [0.5, 0.6) is 5.75 Å². The summed E-state index contributed by atoms with van der Waals surface area (Å²) >= 11 is 1.10. The maximum Gasteiger partial charge on any atom is 0.265 e. The van der Waals surface area contributed by atoms with Crippen LogP contribution in [0.25, 0.3) is 0 Å². The lowest BCUT2D eigenvalue weighted by atomic mass is 10.3. The summed E-state index contributed by atoms with van der Waals surface area (Å²) in [5.41, 5.74) is 0. The van der Waals surface area contributed by atoms with Gasteiger partial charge >= 0.3 is 0 Å². The molecule has 1 amide bonds. The Morgan fingerprint density at radius 3 is 2.73 bits per heavy atom. The minimum absolute atomic E-state index is 0.0591. The average molecular weight is 343 g/mol. The molecule has 1 N–H and O–H groups in total. The standard InChI is InChI=1S/C14H14FNO4S2/c1-9(20-11-5-3-4-10(15)8-11)13(17)16-14-12(6-7-21-14)22(2,18)19/h3-9H,1-2H3,(H,16,17)/t9-/m1/s1. The fraction of sp³-hybridized carbons (Fsp3) is 0.214. The Hall–Kier alpha value is -1.93. The molecule has 118 valence electrons. The zero-order valence-corrected chi connectivity index (χ0v) is 13.5. The van der Waals surface area contributed by atoms with E-state index in [2.05, 4.69) is 5.32 Å². The second-order valence-corrected chi connectivity index (χ2v) is 7.49. The lowest BCUT2D eigenvalue weighted by molar-refractivity contribution is -0.122. The van der Waals surface area contributed by atoms with Crippen LogP contribution in [0.4, 0.5) is 9.39 Å². The number of nitrogens with one attached hydrogen (secondary N) is 1. The first-order valence-corrected chi connectivity index (χ1v) is 9.05. The van der Waals surface area contributed by atoms with E-state index in [0.29, 0.717) is 0 Å². The summed E-state index contributed by atoms with van der Waals surface area (Å²) in [4.78, 5) is 12.1. The Kier molecular flexibility index (Phi) is 4.82.